The molecule has 1 aliphatic heterocycles. The highest BCUT2D eigenvalue weighted by molar-refractivity contribution is 5.65. The summed E-state index contributed by atoms with van der Waals surface area (Å²) >= 11 is 0. The molecular weight excluding hydrogens is 294 g/mol. The van der Waals surface area contributed by atoms with E-state index in [2.05, 4.69) is 0 Å². The van der Waals surface area contributed by atoms with Crippen LogP contribution in [-0.2, 0) is 17.9 Å². The quantitative estimate of drug-likeness (QED) is 0.802. The first-order chi connectivity index (χ1) is 11.2. The van der Waals surface area contributed by atoms with Gasteiger partial charge in [-0.15, -0.1) is 0 Å². The maximum absolute atomic E-state index is 11.0. The molecule has 0 spiro atoms. The van der Waals surface area contributed by atoms with Crippen LogP contribution in [-0.4, -0.2) is 25.7 Å². The van der Waals surface area contributed by atoms with Crippen molar-refractivity contribution in [2.75, 3.05) is 19.8 Å². The van der Waals surface area contributed by atoms with Crippen molar-refractivity contribution in [2.45, 2.75) is 13.1 Å². The lowest BCUT2D eigenvalue weighted by Gasteiger charge is -2.22. The Bertz CT molecular complexity index is 672. The number of rotatable bonds is 6. The predicted octanol–water partition coefficient (Wildman–Crippen LogP) is -0.207. The van der Waals surface area contributed by atoms with Crippen molar-refractivity contribution in [2.24, 2.45) is 0 Å². The van der Waals surface area contributed by atoms with Gasteiger partial charge in [-0.05, 0) is 18.2 Å². The number of benzene rings is 2. The minimum Gasteiger partial charge on any atom is -0.544 e. The summed E-state index contributed by atoms with van der Waals surface area (Å²) in [6, 6.07) is 15.6. The first kappa shape index (κ1) is 15.4. The van der Waals surface area contributed by atoms with E-state index >= 15 is 0 Å². The molecule has 0 bridgehead atoms. The third kappa shape index (κ3) is 4.23. The van der Waals surface area contributed by atoms with E-state index in [1.54, 1.807) is 0 Å². The molecule has 0 saturated carbocycles. The van der Waals surface area contributed by atoms with E-state index in [-0.39, 0.29) is 6.54 Å². The molecule has 0 fully saturated rings. The zero-order valence-electron chi connectivity index (χ0n) is 12.8. The van der Waals surface area contributed by atoms with Gasteiger partial charge < -0.3 is 24.3 Å². The van der Waals surface area contributed by atoms with E-state index in [0.29, 0.717) is 26.3 Å². The molecule has 0 amide bonds. The smallest absolute Gasteiger partial charge is 0.161 e. The van der Waals surface area contributed by atoms with E-state index in [1.807, 2.05) is 48.5 Å². The van der Waals surface area contributed by atoms with Gasteiger partial charge in [0.05, 0.1) is 5.97 Å². The molecule has 0 aliphatic carbocycles. The lowest BCUT2D eigenvalue weighted by molar-refractivity contribution is -0.922. The normalized spacial score (nSPS) is 14.3. The minimum atomic E-state index is -1.05. The summed E-state index contributed by atoms with van der Waals surface area (Å²) in [6.07, 6.45) is 0. The van der Waals surface area contributed by atoms with Crippen molar-refractivity contribution in [3.05, 3.63) is 59.7 Å². The largest absolute Gasteiger partial charge is 0.544 e. The summed E-state index contributed by atoms with van der Waals surface area (Å²) < 4.78 is 11.1. The van der Waals surface area contributed by atoms with Gasteiger partial charge in [0.15, 0.2) is 11.5 Å². The molecule has 23 heavy (non-hydrogen) atoms. The molecule has 2 aromatic carbocycles. The number of carbonyl (C=O) groups is 1. The second-order valence-electron chi connectivity index (χ2n) is 5.62. The average Bonchev–Trinajstić information content (AvgIpc) is 2.55. The molecule has 2 aromatic rings. The van der Waals surface area contributed by atoms with Crippen molar-refractivity contribution in [3.8, 4) is 11.5 Å². The lowest BCUT2D eigenvalue weighted by atomic mass is 10.1. The van der Waals surface area contributed by atoms with Gasteiger partial charge in [-0.25, -0.2) is 0 Å². The van der Waals surface area contributed by atoms with Crippen LogP contribution in [0.3, 0.4) is 0 Å². The maximum atomic E-state index is 11.0. The SMILES string of the molecule is O=C([O-])C[NH+](Cc1ccccc1)Cc1ccc2c(c1)OCCO2. The molecule has 120 valence electrons. The van der Waals surface area contributed by atoms with Gasteiger partial charge in [-0.2, -0.15) is 0 Å². The molecule has 1 unspecified atom stereocenters. The summed E-state index contributed by atoms with van der Waals surface area (Å²) in [5.41, 5.74) is 2.11. The van der Waals surface area contributed by atoms with Crippen molar-refractivity contribution in [3.63, 3.8) is 0 Å². The molecule has 1 heterocycles. The maximum Gasteiger partial charge on any atom is 0.161 e. The topological polar surface area (TPSA) is 63.0 Å². The number of fused-ring (bicyclic) bond motifs is 1. The molecule has 5 nitrogen and oxygen atoms in total. The number of hydrogen-bond donors (Lipinski definition) is 1. The molecule has 0 radical (unpaired) electrons. The molecule has 1 atom stereocenters. The highest BCUT2D eigenvalue weighted by Crippen LogP contribution is 2.30. The molecule has 5 heteroatoms. The van der Waals surface area contributed by atoms with Crippen molar-refractivity contribution in [1.29, 1.82) is 0 Å². The van der Waals surface area contributed by atoms with E-state index in [1.165, 1.54) is 0 Å². The van der Waals surface area contributed by atoms with Crippen molar-refractivity contribution in [1.82, 2.24) is 0 Å². The first-order valence-electron chi connectivity index (χ1n) is 7.66. The Morgan fingerprint density at radius 3 is 2.39 bits per heavy atom. The summed E-state index contributed by atoms with van der Waals surface area (Å²) in [4.78, 5) is 12.0. The fraction of sp³-hybridized carbons (Fsp3) is 0.278. The number of carboxylic acids is 1. The highest BCUT2D eigenvalue weighted by Gasteiger charge is 2.15. The Labute approximate surface area is 135 Å². The fourth-order valence-electron chi connectivity index (χ4n) is 2.76. The minimum absolute atomic E-state index is 0.0384. The van der Waals surface area contributed by atoms with Crippen molar-refractivity contribution >= 4 is 5.97 Å². The number of quaternary nitrogens is 1. The van der Waals surface area contributed by atoms with Crippen LogP contribution in [0.5, 0.6) is 11.5 Å². The number of nitrogens with one attached hydrogen (secondary N) is 1. The van der Waals surface area contributed by atoms with Gasteiger partial charge in [0.2, 0.25) is 0 Å². The molecule has 1 aliphatic rings. The van der Waals surface area contributed by atoms with Crippen LogP contribution in [0.25, 0.3) is 0 Å². The predicted molar refractivity (Wildman–Crippen MR) is 82.1 cm³/mol. The molecule has 0 aromatic heterocycles. The third-order valence-electron chi connectivity index (χ3n) is 3.75. The molecule has 3 rings (SSSR count). The Morgan fingerprint density at radius 2 is 1.65 bits per heavy atom. The summed E-state index contributed by atoms with van der Waals surface area (Å²) in [7, 11) is 0. The van der Waals surface area contributed by atoms with E-state index in [0.717, 1.165) is 27.5 Å². The van der Waals surface area contributed by atoms with Gasteiger partial charge in [-0.3, -0.25) is 0 Å². The van der Waals surface area contributed by atoms with Gasteiger partial charge in [-0.1, -0.05) is 30.3 Å². The summed E-state index contributed by atoms with van der Waals surface area (Å²) in [5, 5.41) is 11.0. The van der Waals surface area contributed by atoms with Crippen LogP contribution in [0.4, 0.5) is 0 Å². The van der Waals surface area contributed by atoms with Crippen LogP contribution in [0.15, 0.2) is 48.5 Å². The van der Waals surface area contributed by atoms with Gasteiger partial charge in [0, 0.05) is 11.1 Å². The van der Waals surface area contributed by atoms with Gasteiger partial charge in [0.1, 0.15) is 32.8 Å². The number of ether oxygens (including phenoxy) is 2. The molecule has 1 N–H and O–H groups in total. The number of aliphatic carboxylic acids is 1. The average molecular weight is 313 g/mol. The van der Waals surface area contributed by atoms with E-state index < -0.39 is 5.97 Å². The van der Waals surface area contributed by atoms with Crippen molar-refractivity contribution < 1.29 is 24.3 Å². The Hall–Kier alpha value is -2.53. The fourth-order valence-corrected chi connectivity index (χ4v) is 2.76. The van der Waals surface area contributed by atoms with Crippen LogP contribution in [0, 0.1) is 0 Å². The molecule has 0 saturated heterocycles. The summed E-state index contributed by atoms with van der Waals surface area (Å²) in [6.45, 7) is 2.27. The monoisotopic (exact) mass is 313 g/mol. The standard InChI is InChI=1S/C18H19NO4/c20-18(21)13-19(11-14-4-2-1-3-5-14)12-15-6-7-16-17(10-15)23-9-8-22-16/h1-7,10H,8-9,11-13H2,(H,20,21). The Balaban J connectivity index is 1.74. The lowest BCUT2D eigenvalue weighted by Crippen LogP contribution is -3.10. The Kier molecular flexibility index (Phi) is 4.78. The van der Waals surface area contributed by atoms with E-state index in [9.17, 15) is 9.90 Å². The zero-order valence-corrected chi connectivity index (χ0v) is 12.8. The van der Waals surface area contributed by atoms with Crippen LogP contribution in [0.2, 0.25) is 0 Å². The third-order valence-corrected chi connectivity index (χ3v) is 3.75. The van der Waals surface area contributed by atoms with Gasteiger partial charge >= 0.3 is 0 Å². The van der Waals surface area contributed by atoms with Gasteiger partial charge in [0.25, 0.3) is 0 Å². The second kappa shape index (κ2) is 7.15. The van der Waals surface area contributed by atoms with Crippen LogP contribution >= 0.6 is 0 Å². The summed E-state index contributed by atoms with van der Waals surface area (Å²) in [5.74, 6) is 0.416. The zero-order chi connectivity index (χ0) is 16.1. The highest BCUT2D eigenvalue weighted by atomic mass is 16.6. The Morgan fingerprint density at radius 1 is 0.957 bits per heavy atom. The number of carboxylic acid groups (broad SMARTS) is 1. The van der Waals surface area contributed by atoms with Crippen LogP contribution < -0.4 is 19.5 Å². The second-order valence-corrected chi connectivity index (χ2v) is 5.62. The number of hydrogen-bond acceptors (Lipinski definition) is 4. The first-order valence-corrected chi connectivity index (χ1v) is 7.66. The van der Waals surface area contributed by atoms with Crippen LogP contribution in [0.1, 0.15) is 11.1 Å². The van der Waals surface area contributed by atoms with E-state index in [4.69, 9.17) is 9.47 Å². The number of carbonyl (C=O) groups excluding carboxylic acids is 1. The molecular formula is C18H19NO4.